The first kappa shape index (κ1) is 19.4. The number of rotatable bonds is 8. The summed E-state index contributed by atoms with van der Waals surface area (Å²) in [4.78, 5) is 36.2. The number of hydrogen-bond acceptors (Lipinski definition) is 5. The number of carbonyl (C=O) groups is 3. The maximum Gasteiger partial charge on any atom is 0.306 e. The van der Waals surface area contributed by atoms with Crippen LogP contribution in [0.3, 0.4) is 0 Å². The molecule has 2 fully saturated rings. The normalized spacial score (nSPS) is 25.1. The zero-order valence-electron chi connectivity index (χ0n) is 14.8. The predicted octanol–water partition coefficient (Wildman–Crippen LogP) is 3.85. The van der Waals surface area contributed by atoms with E-state index in [9.17, 15) is 14.4 Å². The molecular weight excluding hydrogens is 374 g/mol. The van der Waals surface area contributed by atoms with Crippen molar-refractivity contribution in [2.75, 3.05) is 6.61 Å². The van der Waals surface area contributed by atoms with Crippen molar-refractivity contribution in [3.8, 4) is 0 Å². The fourth-order valence-electron chi connectivity index (χ4n) is 4.33. The van der Waals surface area contributed by atoms with E-state index in [1.54, 1.807) is 12.1 Å². The van der Waals surface area contributed by atoms with Crippen LogP contribution in [0.5, 0.6) is 0 Å². The van der Waals surface area contributed by atoms with E-state index in [2.05, 4.69) is 5.32 Å². The van der Waals surface area contributed by atoms with Crippen molar-refractivity contribution in [3.63, 3.8) is 0 Å². The highest BCUT2D eigenvalue weighted by Gasteiger charge is 2.42. The monoisotopic (exact) mass is 397 g/mol. The van der Waals surface area contributed by atoms with E-state index >= 15 is 0 Å². The molecule has 1 amide bonds. The Labute approximate surface area is 162 Å². The number of ketones is 1. The van der Waals surface area contributed by atoms with Crippen LogP contribution in [-0.2, 0) is 14.3 Å². The molecule has 0 radical (unpaired) electrons. The molecule has 26 heavy (non-hydrogen) atoms. The molecule has 0 unspecified atom stereocenters. The standard InChI is InChI=1S/C19H24ClNO4S/c1-11(14-9-12-2-3-13(14)8-12)21-18(23)10-25-19(24)7-4-15(22)16-5-6-17(20)26-16/h5-6,11-14H,2-4,7-10H2,1H3,(H,21,23)/t11-,12+,13+,14+/m1/s1. The lowest BCUT2D eigenvalue weighted by atomic mass is 9.84. The Bertz CT molecular complexity index is 689. The predicted molar refractivity (Wildman–Crippen MR) is 100 cm³/mol. The zero-order valence-corrected chi connectivity index (χ0v) is 16.4. The van der Waals surface area contributed by atoms with Crippen molar-refractivity contribution in [2.45, 2.75) is 51.5 Å². The number of halogens is 1. The minimum Gasteiger partial charge on any atom is -0.456 e. The highest BCUT2D eigenvalue weighted by atomic mass is 35.5. The first-order chi connectivity index (χ1) is 12.4. The number of thiophene rings is 1. The molecule has 3 rings (SSSR count). The highest BCUT2D eigenvalue weighted by Crippen LogP contribution is 2.49. The number of nitrogens with one attached hydrogen (secondary N) is 1. The second kappa shape index (κ2) is 8.53. The minimum absolute atomic E-state index is 0.0381. The Balaban J connectivity index is 1.33. The summed E-state index contributed by atoms with van der Waals surface area (Å²) in [6, 6.07) is 3.41. The molecule has 1 heterocycles. The van der Waals surface area contributed by atoms with Crippen LogP contribution < -0.4 is 5.32 Å². The van der Waals surface area contributed by atoms with Gasteiger partial charge in [0.25, 0.3) is 5.91 Å². The van der Waals surface area contributed by atoms with Gasteiger partial charge in [0.15, 0.2) is 12.4 Å². The van der Waals surface area contributed by atoms with Gasteiger partial charge in [-0.3, -0.25) is 14.4 Å². The maximum absolute atomic E-state index is 12.0. The van der Waals surface area contributed by atoms with E-state index in [0.29, 0.717) is 15.1 Å². The third-order valence-corrected chi connectivity index (χ3v) is 6.86. The van der Waals surface area contributed by atoms with Crippen molar-refractivity contribution < 1.29 is 19.1 Å². The first-order valence-corrected chi connectivity index (χ1v) is 10.4. The van der Waals surface area contributed by atoms with Crippen molar-refractivity contribution in [1.29, 1.82) is 0 Å². The van der Waals surface area contributed by atoms with Gasteiger partial charge in [0, 0.05) is 12.5 Å². The van der Waals surface area contributed by atoms with Crippen LogP contribution in [0.4, 0.5) is 0 Å². The molecule has 7 heteroatoms. The van der Waals surface area contributed by atoms with E-state index in [0.717, 1.165) is 11.8 Å². The fourth-order valence-corrected chi connectivity index (χ4v) is 5.34. The van der Waals surface area contributed by atoms with Gasteiger partial charge in [-0.1, -0.05) is 18.0 Å². The summed E-state index contributed by atoms with van der Waals surface area (Å²) in [6.07, 6.45) is 5.11. The van der Waals surface area contributed by atoms with Crippen molar-refractivity contribution in [1.82, 2.24) is 5.32 Å². The molecule has 1 N–H and O–H groups in total. The molecule has 1 aromatic heterocycles. The summed E-state index contributed by atoms with van der Waals surface area (Å²) < 4.78 is 5.53. The van der Waals surface area contributed by atoms with Gasteiger partial charge in [-0.05, 0) is 56.1 Å². The number of Topliss-reactive ketones (excluding diaryl/α,β-unsaturated/α-hetero) is 1. The SMILES string of the molecule is C[C@@H](NC(=O)COC(=O)CCC(=O)c1ccc(Cl)s1)[C@@H]1C[C@H]2CC[C@H]1C2. The largest absolute Gasteiger partial charge is 0.456 e. The lowest BCUT2D eigenvalue weighted by Gasteiger charge is -2.28. The average Bonchev–Trinajstić information content (AvgIpc) is 3.34. The quantitative estimate of drug-likeness (QED) is 0.534. The molecule has 5 nitrogen and oxygen atoms in total. The van der Waals surface area contributed by atoms with Gasteiger partial charge in [0.05, 0.1) is 15.6 Å². The van der Waals surface area contributed by atoms with Crippen LogP contribution in [0.25, 0.3) is 0 Å². The number of amides is 1. The summed E-state index contributed by atoms with van der Waals surface area (Å²) in [5, 5.41) is 2.96. The van der Waals surface area contributed by atoms with Gasteiger partial charge >= 0.3 is 5.97 Å². The summed E-state index contributed by atoms with van der Waals surface area (Å²) in [7, 11) is 0. The van der Waals surface area contributed by atoms with E-state index in [4.69, 9.17) is 16.3 Å². The third kappa shape index (κ3) is 4.86. The maximum atomic E-state index is 12.0. The van der Waals surface area contributed by atoms with Gasteiger partial charge < -0.3 is 10.1 Å². The van der Waals surface area contributed by atoms with Crippen LogP contribution in [0.15, 0.2) is 12.1 Å². The molecule has 1 aromatic rings. The van der Waals surface area contributed by atoms with Crippen molar-refractivity contribution in [2.24, 2.45) is 17.8 Å². The van der Waals surface area contributed by atoms with Crippen LogP contribution in [0, 0.1) is 17.8 Å². The van der Waals surface area contributed by atoms with E-state index in [-0.39, 0.29) is 37.2 Å². The van der Waals surface area contributed by atoms with Gasteiger partial charge in [-0.2, -0.15) is 0 Å². The molecule has 2 aliphatic rings. The fraction of sp³-hybridized carbons (Fsp3) is 0.632. The Morgan fingerprint density at radius 1 is 1.27 bits per heavy atom. The van der Waals surface area contributed by atoms with Crippen LogP contribution in [0.1, 0.15) is 55.1 Å². The second-order valence-corrected chi connectivity index (χ2v) is 9.10. The van der Waals surface area contributed by atoms with Crippen LogP contribution in [-0.4, -0.2) is 30.3 Å². The molecule has 4 atom stereocenters. The third-order valence-electron chi connectivity index (χ3n) is 5.59. The topological polar surface area (TPSA) is 72.5 Å². The summed E-state index contributed by atoms with van der Waals surface area (Å²) in [5.41, 5.74) is 0. The molecule has 0 spiro atoms. The summed E-state index contributed by atoms with van der Waals surface area (Å²) >= 11 is 6.98. The Morgan fingerprint density at radius 2 is 2.08 bits per heavy atom. The smallest absolute Gasteiger partial charge is 0.306 e. The number of hydrogen-bond donors (Lipinski definition) is 1. The first-order valence-electron chi connectivity index (χ1n) is 9.16. The highest BCUT2D eigenvalue weighted by molar-refractivity contribution is 7.18. The number of carbonyl (C=O) groups excluding carboxylic acids is 3. The molecule has 0 saturated heterocycles. The number of fused-ring (bicyclic) bond motifs is 2. The summed E-state index contributed by atoms with van der Waals surface area (Å²) in [5.74, 6) is 1.15. The molecule has 2 saturated carbocycles. The Morgan fingerprint density at radius 3 is 2.69 bits per heavy atom. The van der Waals surface area contributed by atoms with Gasteiger partial charge in [0.1, 0.15) is 0 Å². The van der Waals surface area contributed by atoms with Crippen LogP contribution in [0.2, 0.25) is 4.34 Å². The summed E-state index contributed by atoms with van der Waals surface area (Å²) in [6.45, 7) is 1.75. The second-order valence-electron chi connectivity index (χ2n) is 7.38. The van der Waals surface area contributed by atoms with Crippen LogP contribution >= 0.6 is 22.9 Å². The molecule has 0 aliphatic heterocycles. The molecule has 2 aliphatic carbocycles. The average molecular weight is 398 g/mol. The number of esters is 1. The minimum atomic E-state index is -0.538. The Kier molecular flexibility index (Phi) is 6.35. The Hall–Kier alpha value is -1.40. The molecule has 0 aromatic carbocycles. The zero-order chi connectivity index (χ0) is 18.7. The van der Waals surface area contributed by atoms with E-state index in [1.807, 2.05) is 6.92 Å². The van der Waals surface area contributed by atoms with Crippen molar-refractivity contribution >= 4 is 40.6 Å². The van der Waals surface area contributed by atoms with Gasteiger partial charge in [-0.15, -0.1) is 11.3 Å². The van der Waals surface area contributed by atoms with Gasteiger partial charge in [0.2, 0.25) is 0 Å². The molecule has 142 valence electrons. The molecular formula is C19H24ClNO4S. The van der Waals surface area contributed by atoms with Gasteiger partial charge in [-0.25, -0.2) is 0 Å². The number of ether oxygens (including phenoxy) is 1. The van der Waals surface area contributed by atoms with E-state index in [1.165, 1.54) is 37.0 Å². The lowest BCUT2D eigenvalue weighted by molar-refractivity contribution is -0.148. The molecule has 2 bridgehead atoms. The van der Waals surface area contributed by atoms with Crippen molar-refractivity contribution in [3.05, 3.63) is 21.3 Å². The lowest BCUT2D eigenvalue weighted by Crippen LogP contribution is -2.42. The van der Waals surface area contributed by atoms with E-state index < -0.39 is 5.97 Å².